The highest BCUT2D eigenvalue weighted by Gasteiger charge is 2.14. The fourth-order valence-electron chi connectivity index (χ4n) is 1.23. The molecule has 0 saturated carbocycles. The fourth-order valence-corrected chi connectivity index (χ4v) is 1.23. The third-order valence-electron chi connectivity index (χ3n) is 2.05. The Morgan fingerprint density at radius 3 is 2.79 bits per heavy atom. The Bertz CT molecular complexity index is 522. The number of alkyl carbamates (subject to hydrolysis) is 1. The molecule has 0 saturated heterocycles. The molecule has 1 amide bonds. The number of aromatic nitrogens is 1. The average molecular weight is 261 g/mol. The molecule has 3 N–H and O–H groups in total. The first kappa shape index (κ1) is 14.8. The number of aryl methyl sites for hydroxylation is 1. The lowest BCUT2D eigenvalue weighted by atomic mass is 10.2. The minimum absolute atomic E-state index is 0.199. The zero-order valence-corrected chi connectivity index (χ0v) is 11.7. The second-order valence-corrected chi connectivity index (χ2v) is 5.06. The van der Waals surface area contributed by atoms with Crippen molar-refractivity contribution in [3.8, 4) is 11.8 Å². The van der Waals surface area contributed by atoms with Crippen LogP contribution in [0.15, 0.2) is 12.1 Å². The number of hydrogen-bond donors (Lipinski definition) is 2. The Morgan fingerprint density at radius 1 is 1.47 bits per heavy atom. The van der Waals surface area contributed by atoms with Crippen LogP contribution in [0.25, 0.3) is 0 Å². The Balaban J connectivity index is 2.52. The predicted octanol–water partition coefficient (Wildman–Crippen LogP) is 1.85. The molecule has 102 valence electrons. The zero-order valence-electron chi connectivity index (χ0n) is 11.7. The molecule has 0 bridgehead atoms. The van der Waals surface area contributed by atoms with Gasteiger partial charge < -0.3 is 15.8 Å². The van der Waals surface area contributed by atoms with Crippen LogP contribution in [0, 0.1) is 18.8 Å². The van der Waals surface area contributed by atoms with Gasteiger partial charge in [-0.2, -0.15) is 0 Å². The molecule has 0 fully saturated rings. The van der Waals surface area contributed by atoms with Crippen LogP contribution >= 0.6 is 0 Å². The van der Waals surface area contributed by atoms with Crippen LogP contribution in [0.1, 0.15) is 32.0 Å². The third-order valence-corrected chi connectivity index (χ3v) is 2.05. The average Bonchev–Trinajstić information content (AvgIpc) is 2.26. The van der Waals surface area contributed by atoms with Crippen LogP contribution in [0.3, 0.4) is 0 Å². The van der Waals surface area contributed by atoms with Gasteiger partial charge in [0.25, 0.3) is 0 Å². The van der Waals surface area contributed by atoms with E-state index in [0.29, 0.717) is 11.5 Å². The number of ether oxygens (including phenoxy) is 1. The zero-order chi connectivity index (χ0) is 14.5. The third kappa shape index (κ3) is 5.77. The van der Waals surface area contributed by atoms with Gasteiger partial charge in [-0.25, -0.2) is 9.78 Å². The smallest absolute Gasteiger partial charge is 0.408 e. The molecule has 0 radical (unpaired) electrons. The minimum Gasteiger partial charge on any atom is -0.444 e. The number of hydrogen-bond acceptors (Lipinski definition) is 4. The monoisotopic (exact) mass is 261 g/mol. The summed E-state index contributed by atoms with van der Waals surface area (Å²) >= 11 is 0. The molecule has 0 spiro atoms. The number of rotatable bonds is 1. The van der Waals surface area contributed by atoms with Gasteiger partial charge in [0.15, 0.2) is 0 Å². The molecule has 0 aliphatic rings. The Hall–Kier alpha value is -2.22. The van der Waals surface area contributed by atoms with E-state index in [9.17, 15) is 4.79 Å². The topological polar surface area (TPSA) is 77.2 Å². The van der Waals surface area contributed by atoms with Gasteiger partial charge in [-0.15, -0.1) is 0 Å². The molecule has 0 aliphatic heterocycles. The molecule has 5 heteroatoms. The van der Waals surface area contributed by atoms with Gasteiger partial charge in [-0.05, 0) is 45.2 Å². The van der Waals surface area contributed by atoms with Gasteiger partial charge in [0.1, 0.15) is 17.1 Å². The lowest BCUT2D eigenvalue weighted by molar-refractivity contribution is 0.0535. The normalized spacial score (nSPS) is 10.3. The van der Waals surface area contributed by atoms with E-state index >= 15 is 0 Å². The van der Waals surface area contributed by atoms with Crippen molar-refractivity contribution in [2.75, 3.05) is 12.3 Å². The van der Waals surface area contributed by atoms with Crippen molar-refractivity contribution < 1.29 is 9.53 Å². The van der Waals surface area contributed by atoms with E-state index in [-0.39, 0.29) is 6.54 Å². The Kier molecular flexibility index (Phi) is 4.76. The molecule has 19 heavy (non-hydrogen) atoms. The molecule has 1 heterocycles. The van der Waals surface area contributed by atoms with Crippen molar-refractivity contribution in [1.29, 1.82) is 0 Å². The van der Waals surface area contributed by atoms with Gasteiger partial charge in [-0.1, -0.05) is 12.0 Å². The highest BCUT2D eigenvalue weighted by molar-refractivity contribution is 5.68. The molecule has 0 unspecified atom stereocenters. The van der Waals surface area contributed by atoms with Crippen molar-refractivity contribution in [3.63, 3.8) is 0 Å². The van der Waals surface area contributed by atoms with Crippen LogP contribution in [-0.2, 0) is 4.74 Å². The molecule has 5 nitrogen and oxygen atoms in total. The van der Waals surface area contributed by atoms with E-state index in [0.717, 1.165) is 5.56 Å². The van der Waals surface area contributed by atoms with Crippen LogP contribution in [0.2, 0.25) is 0 Å². The van der Waals surface area contributed by atoms with E-state index < -0.39 is 11.7 Å². The summed E-state index contributed by atoms with van der Waals surface area (Å²) in [5, 5.41) is 2.55. The van der Waals surface area contributed by atoms with Gasteiger partial charge in [0, 0.05) is 0 Å². The number of nitrogens with two attached hydrogens (primary N) is 1. The summed E-state index contributed by atoms with van der Waals surface area (Å²) in [6, 6.07) is 3.58. The molecule has 1 rings (SSSR count). The van der Waals surface area contributed by atoms with Crippen LogP contribution in [0.4, 0.5) is 10.6 Å². The van der Waals surface area contributed by atoms with Gasteiger partial charge in [0.05, 0.1) is 6.54 Å². The van der Waals surface area contributed by atoms with Crippen LogP contribution in [-0.4, -0.2) is 23.2 Å². The number of anilines is 1. The molecule has 0 aromatic carbocycles. The quantitative estimate of drug-likeness (QED) is 0.756. The maximum Gasteiger partial charge on any atom is 0.408 e. The lowest BCUT2D eigenvalue weighted by Gasteiger charge is -2.18. The molecule has 1 aromatic heterocycles. The van der Waals surface area contributed by atoms with Crippen molar-refractivity contribution in [2.45, 2.75) is 33.3 Å². The summed E-state index contributed by atoms with van der Waals surface area (Å²) in [7, 11) is 0. The highest BCUT2D eigenvalue weighted by atomic mass is 16.6. The predicted molar refractivity (Wildman–Crippen MR) is 74.5 cm³/mol. The summed E-state index contributed by atoms with van der Waals surface area (Å²) in [6.07, 6.45) is -0.487. The highest BCUT2D eigenvalue weighted by Crippen LogP contribution is 2.06. The second kappa shape index (κ2) is 6.10. The first-order chi connectivity index (χ1) is 8.78. The Morgan fingerprint density at radius 2 is 2.16 bits per heavy atom. The number of nitrogens with one attached hydrogen (secondary N) is 1. The summed E-state index contributed by atoms with van der Waals surface area (Å²) in [6.45, 7) is 7.51. The lowest BCUT2D eigenvalue weighted by Crippen LogP contribution is -2.32. The first-order valence-corrected chi connectivity index (χ1v) is 5.97. The van der Waals surface area contributed by atoms with E-state index in [4.69, 9.17) is 10.5 Å². The maximum absolute atomic E-state index is 11.4. The molecular formula is C14H19N3O2. The summed E-state index contributed by atoms with van der Waals surface area (Å²) in [5.41, 5.74) is 6.63. The molecule has 0 atom stereocenters. The minimum atomic E-state index is -0.510. The Labute approximate surface area is 113 Å². The number of carbonyl (C=O) groups is 1. The van der Waals surface area contributed by atoms with E-state index in [1.54, 1.807) is 26.8 Å². The number of pyridine rings is 1. The van der Waals surface area contributed by atoms with Gasteiger partial charge >= 0.3 is 6.09 Å². The van der Waals surface area contributed by atoms with E-state index in [1.807, 2.05) is 13.0 Å². The van der Waals surface area contributed by atoms with Crippen molar-refractivity contribution in [3.05, 3.63) is 23.4 Å². The standard InChI is InChI=1S/C14H19N3O2/c1-10-7-8-12(15)17-11(10)6-5-9-16-13(18)19-14(2,3)4/h7-8H,9H2,1-4H3,(H2,15,17)(H,16,18). The molecular weight excluding hydrogens is 242 g/mol. The number of amides is 1. The van der Waals surface area contributed by atoms with Crippen molar-refractivity contribution in [2.24, 2.45) is 0 Å². The SMILES string of the molecule is Cc1ccc(N)nc1C#CCNC(=O)OC(C)(C)C. The number of nitrogen functional groups attached to an aromatic ring is 1. The summed E-state index contributed by atoms with van der Waals surface area (Å²) in [5.74, 6) is 6.09. The van der Waals surface area contributed by atoms with Gasteiger partial charge in [-0.3, -0.25) is 0 Å². The van der Waals surface area contributed by atoms with E-state index in [1.165, 1.54) is 0 Å². The van der Waals surface area contributed by atoms with Crippen LogP contribution in [0.5, 0.6) is 0 Å². The fraction of sp³-hybridized carbons (Fsp3) is 0.429. The van der Waals surface area contributed by atoms with E-state index in [2.05, 4.69) is 22.1 Å². The maximum atomic E-state index is 11.4. The largest absolute Gasteiger partial charge is 0.444 e. The summed E-state index contributed by atoms with van der Waals surface area (Å²) in [4.78, 5) is 15.5. The van der Waals surface area contributed by atoms with Crippen LogP contribution < -0.4 is 11.1 Å². The number of nitrogens with zero attached hydrogens (tertiary/aromatic N) is 1. The molecule has 1 aromatic rings. The van der Waals surface area contributed by atoms with Crippen molar-refractivity contribution in [1.82, 2.24) is 10.3 Å². The molecule has 0 aliphatic carbocycles. The van der Waals surface area contributed by atoms with Gasteiger partial charge in [0.2, 0.25) is 0 Å². The second-order valence-electron chi connectivity index (χ2n) is 5.06. The summed E-state index contributed by atoms with van der Waals surface area (Å²) < 4.78 is 5.08. The first-order valence-electron chi connectivity index (χ1n) is 5.97. The van der Waals surface area contributed by atoms with Crippen molar-refractivity contribution >= 4 is 11.9 Å². The number of carbonyl (C=O) groups excluding carboxylic acids is 1.